The van der Waals surface area contributed by atoms with Gasteiger partial charge in [-0.1, -0.05) is 17.7 Å². The van der Waals surface area contributed by atoms with E-state index in [0.29, 0.717) is 10.9 Å². The summed E-state index contributed by atoms with van der Waals surface area (Å²) in [5.41, 5.74) is -0.354. The van der Waals surface area contributed by atoms with E-state index in [1.807, 2.05) is 0 Å². The summed E-state index contributed by atoms with van der Waals surface area (Å²) >= 11 is 5.67. The number of alkyl halides is 3. The van der Waals surface area contributed by atoms with Gasteiger partial charge in [-0.25, -0.2) is 9.18 Å². The average Bonchev–Trinajstić information content (AvgIpc) is 2.99. The molecule has 1 heterocycles. The van der Waals surface area contributed by atoms with E-state index in [1.54, 1.807) is 6.92 Å². The lowest BCUT2D eigenvalue weighted by atomic mass is 10.1. The summed E-state index contributed by atoms with van der Waals surface area (Å²) in [5, 5.41) is 0.0522. The van der Waals surface area contributed by atoms with Gasteiger partial charge in [0.25, 0.3) is 0 Å². The highest BCUT2D eigenvalue weighted by Crippen LogP contribution is 2.36. The predicted molar refractivity (Wildman–Crippen MR) is 100.0 cm³/mol. The highest BCUT2D eigenvalue weighted by Gasteiger charge is 2.33. The van der Waals surface area contributed by atoms with Crippen molar-refractivity contribution >= 4 is 28.5 Å². The SMILES string of the molecule is CCOC(=O)c1cc2cc(OC)c(F)cc2n1Cc1ccc(Cl)c(C(F)(F)F)c1. The molecule has 2 aromatic carbocycles. The standard InChI is InChI=1S/C20H16ClF4NO3/c1-3-29-19(27)17-7-12-8-18(28-2)15(22)9-16(12)26(17)10-11-4-5-14(21)13(6-11)20(23,24)25/h4-9H,3,10H2,1-2H3. The van der Waals surface area contributed by atoms with E-state index in [9.17, 15) is 22.4 Å². The molecule has 154 valence electrons. The van der Waals surface area contributed by atoms with Crippen LogP contribution in [0.25, 0.3) is 10.9 Å². The smallest absolute Gasteiger partial charge is 0.417 e. The molecule has 0 amide bonds. The summed E-state index contributed by atoms with van der Waals surface area (Å²) in [6.07, 6.45) is -4.63. The van der Waals surface area contributed by atoms with Crippen LogP contribution in [-0.4, -0.2) is 24.3 Å². The molecule has 0 aliphatic rings. The van der Waals surface area contributed by atoms with Gasteiger partial charge in [0.15, 0.2) is 11.6 Å². The quantitative estimate of drug-likeness (QED) is 0.386. The van der Waals surface area contributed by atoms with Gasteiger partial charge in [0, 0.05) is 18.0 Å². The summed E-state index contributed by atoms with van der Waals surface area (Å²) < 4.78 is 65.2. The van der Waals surface area contributed by atoms with Gasteiger partial charge in [-0.05, 0) is 36.8 Å². The van der Waals surface area contributed by atoms with Gasteiger partial charge in [-0.15, -0.1) is 0 Å². The molecule has 0 aliphatic heterocycles. The van der Waals surface area contributed by atoms with Crippen molar-refractivity contribution in [2.75, 3.05) is 13.7 Å². The second-order valence-corrected chi connectivity index (χ2v) is 6.60. The Bertz CT molecular complexity index is 1080. The van der Waals surface area contributed by atoms with Crippen molar-refractivity contribution in [1.82, 2.24) is 4.57 Å². The Kier molecular flexibility index (Phi) is 5.75. The van der Waals surface area contributed by atoms with E-state index in [2.05, 4.69) is 0 Å². The van der Waals surface area contributed by atoms with Crippen LogP contribution in [0, 0.1) is 5.82 Å². The van der Waals surface area contributed by atoms with Crippen LogP contribution < -0.4 is 4.74 Å². The average molecular weight is 430 g/mol. The van der Waals surface area contributed by atoms with Gasteiger partial charge in [0.1, 0.15) is 5.69 Å². The van der Waals surface area contributed by atoms with Crippen LogP contribution in [0.15, 0.2) is 36.4 Å². The van der Waals surface area contributed by atoms with E-state index in [0.717, 1.165) is 18.2 Å². The topological polar surface area (TPSA) is 40.5 Å². The lowest BCUT2D eigenvalue weighted by molar-refractivity contribution is -0.137. The first-order valence-electron chi connectivity index (χ1n) is 8.55. The Balaban J connectivity index is 2.16. The molecule has 0 bridgehead atoms. The second kappa shape index (κ2) is 7.94. The van der Waals surface area contributed by atoms with Crippen LogP contribution in [0.1, 0.15) is 28.5 Å². The number of nitrogens with zero attached hydrogens (tertiary/aromatic N) is 1. The normalized spacial score (nSPS) is 11.7. The minimum atomic E-state index is -4.63. The van der Waals surface area contributed by atoms with Gasteiger partial charge < -0.3 is 14.0 Å². The van der Waals surface area contributed by atoms with Crippen molar-refractivity contribution in [3.05, 3.63) is 64.1 Å². The van der Waals surface area contributed by atoms with E-state index in [-0.39, 0.29) is 30.2 Å². The number of ether oxygens (including phenoxy) is 2. The van der Waals surface area contributed by atoms with Crippen molar-refractivity contribution in [3.8, 4) is 5.75 Å². The number of benzene rings is 2. The van der Waals surface area contributed by atoms with Crippen molar-refractivity contribution < 1.29 is 31.8 Å². The summed E-state index contributed by atoms with van der Waals surface area (Å²) in [6, 6.07) is 7.51. The van der Waals surface area contributed by atoms with Gasteiger partial charge in [-0.2, -0.15) is 13.2 Å². The number of methoxy groups -OCH3 is 1. The van der Waals surface area contributed by atoms with Crippen LogP contribution >= 0.6 is 11.6 Å². The van der Waals surface area contributed by atoms with Gasteiger partial charge in [0.2, 0.25) is 0 Å². The van der Waals surface area contributed by atoms with Crippen molar-refractivity contribution in [2.45, 2.75) is 19.6 Å². The zero-order valence-electron chi connectivity index (χ0n) is 15.4. The van der Waals surface area contributed by atoms with Gasteiger partial charge in [0.05, 0.1) is 29.8 Å². The molecule has 0 N–H and O–H groups in total. The molecule has 29 heavy (non-hydrogen) atoms. The second-order valence-electron chi connectivity index (χ2n) is 6.19. The van der Waals surface area contributed by atoms with E-state index in [4.69, 9.17) is 21.1 Å². The largest absolute Gasteiger partial charge is 0.494 e. The fraction of sp³-hybridized carbons (Fsp3) is 0.250. The van der Waals surface area contributed by atoms with Crippen LogP contribution in [0.4, 0.5) is 17.6 Å². The highest BCUT2D eigenvalue weighted by atomic mass is 35.5. The van der Waals surface area contributed by atoms with Crippen LogP contribution in [0.2, 0.25) is 5.02 Å². The molecule has 3 aromatic rings. The molecule has 0 spiro atoms. The molecule has 0 atom stereocenters. The molecule has 0 aliphatic carbocycles. The highest BCUT2D eigenvalue weighted by molar-refractivity contribution is 6.31. The van der Waals surface area contributed by atoms with Crippen molar-refractivity contribution in [2.24, 2.45) is 0 Å². The number of carbonyl (C=O) groups is 1. The van der Waals surface area contributed by atoms with Crippen molar-refractivity contribution in [3.63, 3.8) is 0 Å². The lowest BCUT2D eigenvalue weighted by Gasteiger charge is -2.14. The number of fused-ring (bicyclic) bond motifs is 1. The number of hydrogen-bond acceptors (Lipinski definition) is 3. The third-order valence-electron chi connectivity index (χ3n) is 4.34. The molecule has 0 saturated heterocycles. The minimum absolute atomic E-state index is 0.0177. The first kappa shape index (κ1) is 21.0. The monoisotopic (exact) mass is 429 g/mol. The molecular formula is C20H16ClF4NO3. The van der Waals surface area contributed by atoms with Gasteiger partial charge in [-0.3, -0.25) is 0 Å². The summed E-state index contributed by atoms with van der Waals surface area (Å²) in [7, 11) is 1.31. The van der Waals surface area contributed by atoms with Gasteiger partial charge >= 0.3 is 12.1 Å². The Morgan fingerprint density at radius 3 is 2.52 bits per heavy atom. The third kappa shape index (κ3) is 4.17. The fourth-order valence-electron chi connectivity index (χ4n) is 3.03. The molecule has 4 nitrogen and oxygen atoms in total. The predicted octanol–water partition coefficient (Wildman–Crippen LogP) is 5.69. The minimum Gasteiger partial charge on any atom is -0.494 e. The lowest BCUT2D eigenvalue weighted by Crippen LogP contribution is -2.14. The summed E-state index contributed by atoms with van der Waals surface area (Å²) in [5.74, 6) is -1.36. The van der Waals surface area contributed by atoms with Crippen LogP contribution in [-0.2, 0) is 17.5 Å². The maximum Gasteiger partial charge on any atom is 0.417 e. The fourth-order valence-corrected chi connectivity index (χ4v) is 3.26. The Labute approximate surface area is 168 Å². The molecule has 0 saturated carbocycles. The van der Waals surface area contributed by atoms with Crippen LogP contribution in [0.5, 0.6) is 5.75 Å². The zero-order valence-corrected chi connectivity index (χ0v) is 16.2. The molecule has 0 unspecified atom stereocenters. The molecule has 9 heteroatoms. The van der Waals surface area contributed by atoms with Crippen LogP contribution in [0.3, 0.4) is 0 Å². The zero-order chi connectivity index (χ0) is 21.3. The maximum absolute atomic E-state index is 14.2. The van der Waals surface area contributed by atoms with E-state index >= 15 is 0 Å². The Morgan fingerprint density at radius 2 is 1.90 bits per heavy atom. The first-order valence-corrected chi connectivity index (χ1v) is 8.93. The summed E-state index contributed by atoms with van der Waals surface area (Å²) in [6.45, 7) is 1.61. The van der Waals surface area contributed by atoms with E-state index in [1.165, 1.54) is 29.9 Å². The summed E-state index contributed by atoms with van der Waals surface area (Å²) in [4.78, 5) is 12.4. The molecular weight excluding hydrogens is 414 g/mol. The number of esters is 1. The third-order valence-corrected chi connectivity index (χ3v) is 4.67. The molecule has 3 rings (SSSR count). The number of carbonyl (C=O) groups excluding carboxylic acids is 1. The molecule has 0 radical (unpaired) electrons. The van der Waals surface area contributed by atoms with Crippen molar-refractivity contribution in [1.29, 1.82) is 0 Å². The number of halogens is 5. The number of rotatable bonds is 5. The molecule has 0 fully saturated rings. The Morgan fingerprint density at radius 1 is 1.17 bits per heavy atom. The number of aromatic nitrogens is 1. The number of hydrogen-bond donors (Lipinski definition) is 0. The first-order chi connectivity index (χ1) is 13.7. The molecule has 1 aromatic heterocycles. The maximum atomic E-state index is 14.2. The van der Waals surface area contributed by atoms with E-state index < -0.39 is 28.5 Å². The Hall–Kier alpha value is -2.74.